The lowest BCUT2D eigenvalue weighted by Gasteiger charge is -2.20. The molecule has 1 aliphatic rings. The second-order valence-electron chi connectivity index (χ2n) is 9.41. The number of amidine groups is 1. The number of thioether (sulfide) groups is 1. The molecule has 4 aromatic rings. The van der Waals surface area contributed by atoms with E-state index in [1.54, 1.807) is 31.4 Å². The molecule has 1 N–H and O–H groups in total. The van der Waals surface area contributed by atoms with Gasteiger partial charge >= 0.3 is 18.4 Å². The number of methoxy groups -OCH3 is 1. The molecule has 3 amide bonds. The second-order valence-corrected chi connectivity index (χ2v) is 10.3. The van der Waals surface area contributed by atoms with Gasteiger partial charge in [0.25, 0.3) is 0 Å². The summed E-state index contributed by atoms with van der Waals surface area (Å²) in [6, 6.07) is 17.1. The summed E-state index contributed by atoms with van der Waals surface area (Å²) in [5.41, 5.74) is 4.09. The number of aromatic nitrogens is 3. The lowest BCUT2D eigenvalue weighted by atomic mass is 10.1. The van der Waals surface area contributed by atoms with Gasteiger partial charge in [-0.2, -0.15) is 9.98 Å². The van der Waals surface area contributed by atoms with Crippen LogP contribution in [-0.4, -0.2) is 51.1 Å². The fraction of sp³-hybridized carbons (Fsp3) is 0.207. The number of ether oxygens (including phenoxy) is 3. The number of urea groups is 1. The summed E-state index contributed by atoms with van der Waals surface area (Å²) in [5, 5.41) is 7.15. The van der Waals surface area contributed by atoms with E-state index in [1.165, 1.54) is 51.9 Å². The number of aliphatic imine (C=N–C) groups is 1. The van der Waals surface area contributed by atoms with Crippen molar-refractivity contribution in [3.63, 3.8) is 0 Å². The van der Waals surface area contributed by atoms with E-state index in [-0.39, 0.29) is 35.2 Å². The highest BCUT2D eigenvalue weighted by molar-refractivity contribution is 8.15. The third-order valence-electron chi connectivity index (χ3n) is 6.12. The molecule has 44 heavy (non-hydrogen) atoms. The highest BCUT2D eigenvalue weighted by atomic mass is 32.2. The van der Waals surface area contributed by atoms with Gasteiger partial charge in [-0.15, -0.1) is 18.3 Å². The first-order valence-corrected chi connectivity index (χ1v) is 14.0. The average molecular weight is 627 g/mol. The summed E-state index contributed by atoms with van der Waals surface area (Å²) < 4.78 is 53.2. The van der Waals surface area contributed by atoms with Gasteiger partial charge in [0.15, 0.2) is 5.17 Å². The number of alkyl halides is 3. The number of benzene rings is 3. The van der Waals surface area contributed by atoms with Crippen LogP contribution >= 0.6 is 11.8 Å². The maximum Gasteiger partial charge on any atom is 0.573 e. The van der Waals surface area contributed by atoms with Gasteiger partial charge in [-0.05, 0) is 60.5 Å². The Morgan fingerprint density at radius 3 is 2.52 bits per heavy atom. The van der Waals surface area contributed by atoms with Crippen molar-refractivity contribution < 1.29 is 37.0 Å². The maximum absolute atomic E-state index is 12.7. The van der Waals surface area contributed by atoms with E-state index in [9.17, 15) is 22.8 Å². The minimum Gasteiger partial charge on any atom is -0.458 e. The molecule has 3 aromatic carbocycles. The van der Waals surface area contributed by atoms with Crippen molar-refractivity contribution >= 4 is 40.2 Å². The lowest BCUT2D eigenvalue weighted by molar-refractivity contribution is -0.274. The first-order valence-electron chi connectivity index (χ1n) is 13.0. The SMILES string of the molecule is COCc1ccc(C)cc1N1C(=O)CSC1=NC(=O)Nc1ccc(COc2ncn(-c3ccc(OC(F)(F)F)cc3)n2)cc1. The van der Waals surface area contributed by atoms with Gasteiger partial charge in [0, 0.05) is 18.4 Å². The van der Waals surface area contributed by atoms with Crippen molar-refractivity contribution in [1.82, 2.24) is 14.8 Å². The summed E-state index contributed by atoms with van der Waals surface area (Å²) in [6.45, 7) is 2.33. The predicted molar refractivity (Wildman–Crippen MR) is 157 cm³/mol. The second kappa shape index (κ2) is 13.2. The summed E-state index contributed by atoms with van der Waals surface area (Å²) in [5.74, 6) is -0.364. The Balaban J connectivity index is 1.17. The minimum absolute atomic E-state index is 0.0595. The maximum atomic E-state index is 12.7. The number of hydrogen-bond acceptors (Lipinski definition) is 8. The number of carbonyl (C=O) groups is 2. The van der Waals surface area contributed by atoms with Crippen LogP contribution in [0.5, 0.6) is 11.8 Å². The fourth-order valence-corrected chi connectivity index (χ4v) is 5.01. The van der Waals surface area contributed by atoms with E-state index in [4.69, 9.17) is 9.47 Å². The Kier molecular flexibility index (Phi) is 9.15. The monoisotopic (exact) mass is 626 g/mol. The number of amides is 3. The van der Waals surface area contributed by atoms with Gasteiger partial charge < -0.3 is 19.5 Å². The Morgan fingerprint density at radius 1 is 1.07 bits per heavy atom. The molecule has 0 atom stereocenters. The first-order chi connectivity index (χ1) is 21.1. The van der Waals surface area contributed by atoms with Crippen LogP contribution in [0, 0.1) is 6.92 Å². The number of halogens is 3. The van der Waals surface area contributed by atoms with Gasteiger partial charge in [-0.3, -0.25) is 9.69 Å². The van der Waals surface area contributed by atoms with E-state index >= 15 is 0 Å². The van der Waals surface area contributed by atoms with Gasteiger partial charge in [0.1, 0.15) is 18.7 Å². The molecule has 0 bridgehead atoms. The molecule has 5 rings (SSSR count). The highest BCUT2D eigenvalue weighted by Crippen LogP contribution is 2.31. The van der Waals surface area contributed by atoms with Crippen LogP contribution < -0.4 is 19.7 Å². The quantitative estimate of drug-likeness (QED) is 0.245. The molecule has 0 saturated carbocycles. The topological polar surface area (TPSA) is 120 Å². The van der Waals surface area contributed by atoms with Crippen LogP contribution in [0.25, 0.3) is 5.69 Å². The van der Waals surface area contributed by atoms with E-state index < -0.39 is 12.4 Å². The molecule has 228 valence electrons. The van der Waals surface area contributed by atoms with Crippen molar-refractivity contribution in [1.29, 1.82) is 0 Å². The Hall–Kier alpha value is -4.89. The van der Waals surface area contributed by atoms with Crippen molar-refractivity contribution in [2.45, 2.75) is 26.5 Å². The molecule has 0 unspecified atom stereocenters. The summed E-state index contributed by atoms with van der Waals surface area (Å²) in [7, 11) is 1.57. The lowest BCUT2D eigenvalue weighted by Crippen LogP contribution is -2.31. The molecular formula is C29H25F3N6O5S. The molecule has 0 spiro atoms. The zero-order valence-electron chi connectivity index (χ0n) is 23.4. The fourth-order valence-electron chi connectivity index (χ4n) is 4.15. The van der Waals surface area contributed by atoms with Gasteiger partial charge in [0.05, 0.1) is 23.7 Å². The van der Waals surface area contributed by atoms with E-state index in [0.29, 0.717) is 23.7 Å². The molecule has 1 saturated heterocycles. The zero-order valence-corrected chi connectivity index (χ0v) is 24.2. The number of hydrogen-bond donors (Lipinski definition) is 1. The number of nitrogens with zero attached hydrogens (tertiary/aromatic N) is 5. The molecule has 1 aliphatic heterocycles. The summed E-state index contributed by atoms with van der Waals surface area (Å²) >= 11 is 1.18. The number of aryl methyl sites for hydroxylation is 1. The van der Waals surface area contributed by atoms with Crippen LogP contribution in [0.4, 0.5) is 29.3 Å². The smallest absolute Gasteiger partial charge is 0.458 e. The zero-order chi connectivity index (χ0) is 31.3. The number of nitrogens with one attached hydrogen (secondary N) is 1. The van der Waals surface area contributed by atoms with Crippen LogP contribution in [0.3, 0.4) is 0 Å². The van der Waals surface area contributed by atoms with Crippen molar-refractivity contribution in [3.8, 4) is 17.4 Å². The Morgan fingerprint density at radius 2 is 1.82 bits per heavy atom. The molecule has 0 radical (unpaired) electrons. The standard InChI is InChI=1S/C29H25F3N6O5S/c1-18-3-6-20(15-41-2)24(13-18)38-25(39)16-44-28(38)35-26(40)34-21-7-4-19(5-8-21)14-42-27-33-17-37(36-27)22-9-11-23(12-10-22)43-29(30,31)32/h3-13,17H,14-16H2,1-2H3,(H,34,40). The van der Waals surface area contributed by atoms with Gasteiger partial charge in [-0.25, -0.2) is 9.48 Å². The van der Waals surface area contributed by atoms with Gasteiger partial charge in [0.2, 0.25) is 5.91 Å². The third kappa shape index (κ3) is 7.73. The van der Waals surface area contributed by atoms with E-state index in [0.717, 1.165) is 16.7 Å². The van der Waals surface area contributed by atoms with Crippen LogP contribution in [-0.2, 0) is 22.7 Å². The Labute approximate surface area is 253 Å². The molecule has 1 aromatic heterocycles. The molecule has 0 aliphatic carbocycles. The molecule has 2 heterocycles. The van der Waals surface area contributed by atoms with Gasteiger partial charge in [-0.1, -0.05) is 36.0 Å². The number of rotatable bonds is 9. The molecule has 11 nitrogen and oxygen atoms in total. The van der Waals surface area contributed by atoms with Crippen molar-refractivity contribution in [2.75, 3.05) is 23.1 Å². The van der Waals surface area contributed by atoms with Crippen LogP contribution in [0.2, 0.25) is 0 Å². The van der Waals surface area contributed by atoms with Crippen molar-refractivity contribution in [3.05, 3.63) is 89.7 Å². The normalized spacial score (nSPS) is 14.2. The van der Waals surface area contributed by atoms with E-state index in [2.05, 4.69) is 25.1 Å². The highest BCUT2D eigenvalue weighted by Gasteiger charge is 2.32. The third-order valence-corrected chi connectivity index (χ3v) is 7.05. The number of anilines is 2. The molecule has 15 heteroatoms. The van der Waals surface area contributed by atoms with Crippen molar-refractivity contribution in [2.24, 2.45) is 4.99 Å². The molecule has 1 fully saturated rings. The minimum atomic E-state index is -4.77. The van der Waals surface area contributed by atoms with Crippen LogP contribution in [0.15, 0.2) is 78.0 Å². The Bertz CT molecular complexity index is 1680. The largest absolute Gasteiger partial charge is 0.573 e. The van der Waals surface area contributed by atoms with E-state index in [1.807, 2.05) is 25.1 Å². The predicted octanol–water partition coefficient (Wildman–Crippen LogP) is 5.87. The first kappa shape index (κ1) is 30.6. The van der Waals surface area contributed by atoms with Crippen LogP contribution in [0.1, 0.15) is 16.7 Å². The molecular weight excluding hydrogens is 601 g/mol. The average Bonchev–Trinajstić information content (AvgIpc) is 3.60. The number of carbonyl (C=O) groups excluding carboxylic acids is 2. The summed E-state index contributed by atoms with van der Waals surface area (Å²) in [4.78, 5) is 35.1. The summed E-state index contributed by atoms with van der Waals surface area (Å²) in [6.07, 6.45) is -3.41.